The number of ether oxygens (including phenoxy) is 1. The van der Waals surface area contributed by atoms with Crippen LogP contribution in [0, 0.1) is 0 Å². The lowest BCUT2D eigenvalue weighted by molar-refractivity contribution is -0.255. The Morgan fingerprint density at radius 3 is 2.43 bits per heavy atom. The number of anilines is 1. The van der Waals surface area contributed by atoms with Gasteiger partial charge >= 0.3 is 6.03 Å². The maximum atomic E-state index is 12.8. The molecule has 0 unspecified atom stereocenters. The third-order valence-corrected chi connectivity index (χ3v) is 4.19. The molecule has 9 heteroatoms. The fourth-order valence-corrected chi connectivity index (χ4v) is 2.75. The molecule has 1 N–H and O–H groups in total. The highest BCUT2D eigenvalue weighted by molar-refractivity contribution is 6.39. The number of halogens is 1. The van der Waals surface area contributed by atoms with Gasteiger partial charge in [-0.3, -0.25) is 14.9 Å². The van der Waals surface area contributed by atoms with Crippen LogP contribution in [0.15, 0.2) is 48.0 Å². The van der Waals surface area contributed by atoms with Gasteiger partial charge in [-0.2, -0.15) is 0 Å². The van der Waals surface area contributed by atoms with Gasteiger partial charge in [-0.25, -0.2) is 9.69 Å². The molecule has 0 radical (unpaired) electrons. The fourth-order valence-electron chi connectivity index (χ4n) is 2.62. The highest BCUT2D eigenvalue weighted by Crippen LogP contribution is 2.25. The zero-order valence-corrected chi connectivity index (χ0v) is 15.1. The van der Waals surface area contributed by atoms with Crippen molar-refractivity contribution in [2.24, 2.45) is 0 Å². The number of carbonyl (C=O) groups excluding carboxylic acids is 4. The lowest BCUT2D eigenvalue weighted by atomic mass is 10.0. The highest BCUT2D eigenvalue weighted by atomic mass is 35.5. The lowest BCUT2D eigenvalue weighted by Gasteiger charge is -2.26. The van der Waals surface area contributed by atoms with E-state index in [2.05, 4.69) is 5.32 Å². The van der Waals surface area contributed by atoms with E-state index in [-0.39, 0.29) is 28.1 Å². The number of aromatic carboxylic acids is 1. The van der Waals surface area contributed by atoms with Crippen molar-refractivity contribution in [1.82, 2.24) is 5.32 Å². The normalized spacial score (nSPS) is 15.6. The topological polar surface area (TPSA) is 116 Å². The van der Waals surface area contributed by atoms with Crippen molar-refractivity contribution in [2.45, 2.75) is 0 Å². The van der Waals surface area contributed by atoms with Crippen molar-refractivity contribution < 1.29 is 29.0 Å². The molecule has 1 heterocycles. The molecule has 0 bridgehead atoms. The molecule has 8 nitrogen and oxygen atoms in total. The molecule has 0 atom stereocenters. The Hall–Kier alpha value is -3.65. The van der Waals surface area contributed by atoms with Gasteiger partial charge in [-0.05, 0) is 48.0 Å². The number of amides is 4. The van der Waals surface area contributed by atoms with Gasteiger partial charge in [0.2, 0.25) is 0 Å². The number of methoxy groups -OCH3 is 1. The van der Waals surface area contributed by atoms with E-state index in [1.807, 2.05) is 0 Å². The summed E-state index contributed by atoms with van der Waals surface area (Å²) < 4.78 is 4.94. The molecule has 1 aliphatic rings. The average molecular weight is 400 g/mol. The van der Waals surface area contributed by atoms with Gasteiger partial charge in [0.15, 0.2) is 0 Å². The molecular weight excluding hydrogens is 388 g/mol. The van der Waals surface area contributed by atoms with E-state index < -0.39 is 23.8 Å². The van der Waals surface area contributed by atoms with Gasteiger partial charge in [0.05, 0.1) is 18.8 Å². The van der Waals surface area contributed by atoms with Gasteiger partial charge < -0.3 is 14.6 Å². The minimum Gasteiger partial charge on any atom is -0.545 e. The number of hydrogen-bond donors (Lipinski definition) is 1. The molecule has 0 saturated carbocycles. The molecule has 0 aromatic heterocycles. The Balaban J connectivity index is 2.03. The quantitative estimate of drug-likeness (QED) is 0.613. The number of carboxylic acid groups (broad SMARTS) is 1. The maximum Gasteiger partial charge on any atom is 0.335 e. The zero-order chi connectivity index (χ0) is 20.4. The Morgan fingerprint density at radius 1 is 1.14 bits per heavy atom. The number of imide groups is 2. The Bertz CT molecular complexity index is 1030. The van der Waals surface area contributed by atoms with Crippen molar-refractivity contribution >= 4 is 47.2 Å². The van der Waals surface area contributed by atoms with E-state index >= 15 is 0 Å². The summed E-state index contributed by atoms with van der Waals surface area (Å²) in [5.41, 5.74) is -0.130. The van der Waals surface area contributed by atoms with Gasteiger partial charge in [-0.1, -0.05) is 17.7 Å². The smallest absolute Gasteiger partial charge is 0.335 e. The Morgan fingerprint density at radius 2 is 1.82 bits per heavy atom. The van der Waals surface area contributed by atoms with Crippen molar-refractivity contribution in [3.8, 4) is 5.75 Å². The second kappa shape index (κ2) is 7.53. The van der Waals surface area contributed by atoms with Crippen molar-refractivity contribution in [1.29, 1.82) is 0 Å². The number of benzene rings is 2. The minimum atomic E-state index is -1.48. The summed E-state index contributed by atoms with van der Waals surface area (Å²) >= 11 is 5.81. The molecule has 4 amide bonds. The largest absolute Gasteiger partial charge is 0.545 e. The molecule has 28 heavy (non-hydrogen) atoms. The molecule has 1 saturated heterocycles. The molecular formula is C19H12ClN2O6-. The maximum absolute atomic E-state index is 12.8. The number of carboxylic acids is 1. The van der Waals surface area contributed by atoms with Crippen molar-refractivity contribution in [3.05, 3.63) is 64.2 Å². The first kappa shape index (κ1) is 19.1. The van der Waals surface area contributed by atoms with E-state index in [9.17, 15) is 24.3 Å². The highest BCUT2D eigenvalue weighted by Gasteiger charge is 2.36. The van der Waals surface area contributed by atoms with Crippen LogP contribution in [0.5, 0.6) is 5.75 Å². The Kier molecular flexibility index (Phi) is 5.14. The predicted octanol–water partition coefficient (Wildman–Crippen LogP) is 1.38. The summed E-state index contributed by atoms with van der Waals surface area (Å²) in [5.74, 6) is -3.16. The number of barbiturate groups is 1. The molecule has 0 spiro atoms. The average Bonchev–Trinajstić information content (AvgIpc) is 2.66. The van der Waals surface area contributed by atoms with Crippen LogP contribution in [-0.4, -0.2) is 30.9 Å². The predicted molar refractivity (Wildman–Crippen MR) is 97.8 cm³/mol. The van der Waals surface area contributed by atoms with Crippen LogP contribution in [0.25, 0.3) is 6.08 Å². The first-order chi connectivity index (χ1) is 13.3. The molecule has 2 aromatic rings. The third kappa shape index (κ3) is 3.58. The van der Waals surface area contributed by atoms with Crippen LogP contribution in [0.3, 0.4) is 0 Å². The summed E-state index contributed by atoms with van der Waals surface area (Å²) in [6.45, 7) is 0. The zero-order valence-electron chi connectivity index (χ0n) is 14.4. The number of urea groups is 1. The van der Waals surface area contributed by atoms with Gasteiger partial charge in [0.1, 0.15) is 11.3 Å². The molecule has 2 aromatic carbocycles. The van der Waals surface area contributed by atoms with Crippen LogP contribution in [0.4, 0.5) is 10.5 Å². The number of nitrogens with one attached hydrogen (secondary N) is 1. The SMILES string of the molecule is COc1ccc(/C=C2/C(=O)NC(=O)N(c3ccc(Cl)cc3)C2=O)cc1C(=O)[O-]. The summed E-state index contributed by atoms with van der Waals surface area (Å²) in [7, 11) is 1.30. The summed E-state index contributed by atoms with van der Waals surface area (Å²) in [4.78, 5) is 49.1. The van der Waals surface area contributed by atoms with E-state index in [0.717, 1.165) is 4.90 Å². The summed E-state index contributed by atoms with van der Waals surface area (Å²) in [6, 6.07) is 9.01. The second-order valence-corrected chi connectivity index (χ2v) is 6.12. The molecule has 3 rings (SSSR count). The summed E-state index contributed by atoms with van der Waals surface area (Å²) in [5, 5.41) is 13.7. The standard InChI is InChI=1S/C19H13ClN2O6/c1-28-15-7-2-10(8-13(15)18(25)26)9-14-16(23)21-19(27)22(17(14)24)12-5-3-11(20)4-6-12/h2-9H,1H3,(H,25,26)(H,21,23,27)/p-1/b14-9-. The lowest BCUT2D eigenvalue weighted by Crippen LogP contribution is -2.54. The van der Waals surface area contributed by atoms with Gasteiger partial charge in [0, 0.05) is 10.6 Å². The fraction of sp³-hybridized carbons (Fsp3) is 0.0526. The van der Waals surface area contributed by atoms with Crippen LogP contribution in [-0.2, 0) is 9.59 Å². The van der Waals surface area contributed by atoms with E-state index in [1.165, 1.54) is 55.7 Å². The van der Waals surface area contributed by atoms with E-state index in [1.54, 1.807) is 0 Å². The Labute approximate surface area is 164 Å². The third-order valence-electron chi connectivity index (χ3n) is 3.94. The van der Waals surface area contributed by atoms with Gasteiger partial charge in [-0.15, -0.1) is 0 Å². The first-order valence-electron chi connectivity index (χ1n) is 7.88. The van der Waals surface area contributed by atoms with Crippen LogP contribution in [0.1, 0.15) is 15.9 Å². The van der Waals surface area contributed by atoms with Crippen molar-refractivity contribution in [3.63, 3.8) is 0 Å². The minimum absolute atomic E-state index is 0.0690. The molecule has 1 aliphatic heterocycles. The molecule has 0 aliphatic carbocycles. The first-order valence-corrected chi connectivity index (χ1v) is 8.26. The van der Waals surface area contributed by atoms with Crippen LogP contribution >= 0.6 is 11.6 Å². The number of hydrogen-bond acceptors (Lipinski definition) is 6. The van der Waals surface area contributed by atoms with Crippen LogP contribution < -0.4 is 20.1 Å². The molecule has 142 valence electrons. The van der Waals surface area contributed by atoms with Crippen molar-refractivity contribution in [2.75, 3.05) is 12.0 Å². The number of nitrogens with zero attached hydrogens (tertiary/aromatic N) is 1. The molecule has 1 fully saturated rings. The monoisotopic (exact) mass is 399 g/mol. The van der Waals surface area contributed by atoms with E-state index in [0.29, 0.717) is 5.02 Å². The van der Waals surface area contributed by atoms with Crippen LogP contribution in [0.2, 0.25) is 5.02 Å². The number of rotatable bonds is 4. The van der Waals surface area contributed by atoms with E-state index in [4.69, 9.17) is 16.3 Å². The van der Waals surface area contributed by atoms with Gasteiger partial charge in [0.25, 0.3) is 11.8 Å². The second-order valence-electron chi connectivity index (χ2n) is 5.68. The summed E-state index contributed by atoms with van der Waals surface area (Å²) in [6.07, 6.45) is 1.18. The number of carbonyl (C=O) groups is 4.